The molecule has 0 spiro atoms. The molecule has 0 saturated carbocycles. The fourth-order valence-corrected chi connectivity index (χ4v) is 5.10. The van der Waals surface area contributed by atoms with Crippen molar-refractivity contribution >= 4 is 33.3 Å². The number of thioether (sulfide) groups is 1. The molecule has 0 N–H and O–H groups in total. The molecule has 2 aromatic rings. The Morgan fingerprint density at radius 1 is 1.38 bits per heavy atom. The third kappa shape index (κ3) is 2.44. The van der Waals surface area contributed by atoms with Gasteiger partial charge in [0.25, 0.3) is 5.56 Å². The molecule has 1 aliphatic carbocycles. The summed E-state index contributed by atoms with van der Waals surface area (Å²) in [6.07, 6.45) is 5.26. The minimum atomic E-state index is 0.121. The number of nitrogens with zero attached hydrogens (tertiary/aromatic N) is 2. The van der Waals surface area contributed by atoms with E-state index in [1.165, 1.54) is 28.6 Å². The van der Waals surface area contributed by atoms with E-state index in [1.807, 2.05) is 13.3 Å². The first-order valence-corrected chi connectivity index (χ1v) is 9.42. The largest absolute Gasteiger partial charge is 0.290 e. The molecule has 0 fully saturated rings. The van der Waals surface area contributed by atoms with Crippen molar-refractivity contribution in [2.24, 2.45) is 18.4 Å². The molecule has 3 nitrogen and oxygen atoms in total. The Kier molecular flexibility index (Phi) is 3.69. The van der Waals surface area contributed by atoms with Crippen molar-refractivity contribution in [1.82, 2.24) is 9.55 Å². The Morgan fingerprint density at radius 3 is 2.71 bits per heavy atom. The topological polar surface area (TPSA) is 34.9 Å². The highest BCUT2D eigenvalue weighted by Crippen LogP contribution is 2.42. The van der Waals surface area contributed by atoms with Gasteiger partial charge >= 0.3 is 0 Å². The van der Waals surface area contributed by atoms with Crippen molar-refractivity contribution in [2.45, 2.75) is 45.2 Å². The molecule has 0 amide bonds. The summed E-state index contributed by atoms with van der Waals surface area (Å²) in [6.45, 7) is 6.96. The summed E-state index contributed by atoms with van der Waals surface area (Å²) in [6, 6.07) is 0. The van der Waals surface area contributed by atoms with Gasteiger partial charge in [-0.1, -0.05) is 32.5 Å². The molecule has 0 aliphatic heterocycles. The van der Waals surface area contributed by atoms with Gasteiger partial charge in [0.15, 0.2) is 5.16 Å². The van der Waals surface area contributed by atoms with E-state index in [1.54, 1.807) is 15.9 Å². The van der Waals surface area contributed by atoms with Crippen LogP contribution in [0.1, 0.15) is 37.6 Å². The van der Waals surface area contributed by atoms with Gasteiger partial charge in [-0.15, -0.1) is 11.3 Å². The van der Waals surface area contributed by atoms with E-state index in [2.05, 4.69) is 20.8 Å². The first kappa shape index (κ1) is 15.1. The van der Waals surface area contributed by atoms with Gasteiger partial charge in [0.2, 0.25) is 0 Å². The summed E-state index contributed by atoms with van der Waals surface area (Å²) in [5.74, 6) is 0.696. The molecule has 1 aliphatic rings. The normalized spacial score (nSPS) is 19.0. The third-order valence-corrected chi connectivity index (χ3v) is 6.54. The van der Waals surface area contributed by atoms with E-state index in [0.29, 0.717) is 11.3 Å². The highest BCUT2D eigenvalue weighted by Gasteiger charge is 2.31. The second-order valence-electron chi connectivity index (χ2n) is 6.95. The lowest BCUT2D eigenvalue weighted by atomic mass is 9.72. The Balaban J connectivity index is 2.16. The maximum absolute atomic E-state index is 12.6. The number of hydrogen-bond donors (Lipinski definition) is 0. The molecular weight excluding hydrogens is 300 g/mol. The van der Waals surface area contributed by atoms with E-state index in [4.69, 9.17) is 4.98 Å². The van der Waals surface area contributed by atoms with Crippen LogP contribution in [0.5, 0.6) is 0 Å². The summed E-state index contributed by atoms with van der Waals surface area (Å²) in [4.78, 5) is 19.6. The Morgan fingerprint density at radius 2 is 2.10 bits per heavy atom. The number of aromatic nitrogens is 2. The predicted octanol–water partition coefficient (Wildman–Crippen LogP) is 3.87. The van der Waals surface area contributed by atoms with Gasteiger partial charge in [-0.25, -0.2) is 4.98 Å². The number of fused-ring (bicyclic) bond motifs is 3. The van der Waals surface area contributed by atoms with Crippen LogP contribution in [-0.2, 0) is 19.9 Å². The van der Waals surface area contributed by atoms with E-state index in [0.717, 1.165) is 28.2 Å². The summed E-state index contributed by atoms with van der Waals surface area (Å²) in [7, 11) is 1.82. The standard InChI is InChI=1S/C16H22N2OS2/c1-16(2,3)9-6-7-10-11(8-9)21-13-12(10)14(19)18(4)15(17-13)20-5/h9H,6-8H2,1-5H3/t9-/m1/s1. The minimum Gasteiger partial charge on any atom is -0.290 e. The van der Waals surface area contributed by atoms with E-state index < -0.39 is 0 Å². The van der Waals surface area contributed by atoms with Crippen molar-refractivity contribution in [1.29, 1.82) is 0 Å². The molecule has 21 heavy (non-hydrogen) atoms. The molecule has 5 heteroatoms. The van der Waals surface area contributed by atoms with Gasteiger partial charge in [0.1, 0.15) is 4.83 Å². The third-order valence-electron chi connectivity index (χ3n) is 4.66. The fourth-order valence-electron chi connectivity index (χ4n) is 3.21. The molecular formula is C16H22N2OS2. The number of rotatable bonds is 1. The number of hydrogen-bond acceptors (Lipinski definition) is 4. The van der Waals surface area contributed by atoms with Crippen molar-refractivity contribution in [3.63, 3.8) is 0 Å². The maximum Gasteiger partial charge on any atom is 0.262 e. The van der Waals surface area contributed by atoms with Crippen LogP contribution in [0, 0.1) is 11.3 Å². The van der Waals surface area contributed by atoms with Gasteiger partial charge in [0, 0.05) is 11.9 Å². The van der Waals surface area contributed by atoms with Gasteiger partial charge in [-0.05, 0) is 42.4 Å². The average molecular weight is 322 g/mol. The zero-order chi connectivity index (χ0) is 15.4. The Hall–Kier alpha value is -0.810. The zero-order valence-electron chi connectivity index (χ0n) is 13.3. The second kappa shape index (κ2) is 5.13. The summed E-state index contributed by atoms with van der Waals surface area (Å²) < 4.78 is 1.69. The van der Waals surface area contributed by atoms with Crippen molar-refractivity contribution in [3.05, 3.63) is 20.8 Å². The molecule has 2 aromatic heterocycles. The molecule has 0 saturated heterocycles. The van der Waals surface area contributed by atoms with Crippen molar-refractivity contribution < 1.29 is 0 Å². The molecule has 0 unspecified atom stereocenters. The SMILES string of the molecule is CSc1nc2sc3c(c2c(=O)n1C)CC[C@@H](C(C)(C)C)C3. The number of aryl methyl sites for hydroxylation is 1. The van der Waals surface area contributed by atoms with Gasteiger partial charge in [0.05, 0.1) is 5.39 Å². The monoisotopic (exact) mass is 322 g/mol. The van der Waals surface area contributed by atoms with Gasteiger partial charge < -0.3 is 0 Å². The van der Waals surface area contributed by atoms with Crippen LogP contribution in [0.2, 0.25) is 0 Å². The lowest BCUT2D eigenvalue weighted by molar-refractivity contribution is 0.218. The van der Waals surface area contributed by atoms with Crippen LogP contribution in [0.4, 0.5) is 0 Å². The highest BCUT2D eigenvalue weighted by molar-refractivity contribution is 7.98. The van der Waals surface area contributed by atoms with Crippen LogP contribution in [0.25, 0.3) is 10.2 Å². The molecule has 2 heterocycles. The molecule has 0 aromatic carbocycles. The van der Waals surface area contributed by atoms with Crippen molar-refractivity contribution in [2.75, 3.05) is 6.26 Å². The van der Waals surface area contributed by atoms with Crippen LogP contribution < -0.4 is 5.56 Å². The first-order chi connectivity index (χ1) is 9.82. The molecule has 0 bridgehead atoms. The summed E-state index contributed by atoms with van der Waals surface area (Å²) in [5, 5.41) is 1.68. The van der Waals surface area contributed by atoms with Crippen LogP contribution in [-0.4, -0.2) is 15.8 Å². The number of thiophene rings is 1. The molecule has 3 rings (SSSR count). The van der Waals surface area contributed by atoms with E-state index in [9.17, 15) is 4.79 Å². The van der Waals surface area contributed by atoms with Crippen LogP contribution in [0.15, 0.2) is 9.95 Å². The molecule has 0 radical (unpaired) electrons. The zero-order valence-corrected chi connectivity index (χ0v) is 15.0. The lowest BCUT2D eigenvalue weighted by Gasteiger charge is -2.33. The summed E-state index contributed by atoms with van der Waals surface area (Å²) in [5.41, 5.74) is 1.73. The average Bonchev–Trinajstić information content (AvgIpc) is 2.79. The van der Waals surface area contributed by atoms with Gasteiger partial charge in [-0.3, -0.25) is 9.36 Å². The van der Waals surface area contributed by atoms with E-state index in [-0.39, 0.29) is 5.56 Å². The van der Waals surface area contributed by atoms with E-state index >= 15 is 0 Å². The minimum absolute atomic E-state index is 0.121. The predicted molar refractivity (Wildman–Crippen MR) is 91.6 cm³/mol. The fraction of sp³-hybridized carbons (Fsp3) is 0.625. The maximum atomic E-state index is 12.6. The highest BCUT2D eigenvalue weighted by atomic mass is 32.2. The van der Waals surface area contributed by atoms with Gasteiger partial charge in [-0.2, -0.15) is 0 Å². The molecule has 1 atom stereocenters. The Bertz CT molecular complexity index is 752. The van der Waals surface area contributed by atoms with Crippen molar-refractivity contribution in [3.8, 4) is 0 Å². The lowest BCUT2D eigenvalue weighted by Crippen LogP contribution is -2.27. The second-order valence-corrected chi connectivity index (χ2v) is 8.81. The van der Waals surface area contributed by atoms with Crippen LogP contribution >= 0.6 is 23.1 Å². The Labute approximate surface area is 133 Å². The summed E-state index contributed by atoms with van der Waals surface area (Å²) >= 11 is 3.27. The molecule has 114 valence electrons. The smallest absolute Gasteiger partial charge is 0.262 e. The first-order valence-electron chi connectivity index (χ1n) is 7.38. The van der Waals surface area contributed by atoms with Crippen LogP contribution in [0.3, 0.4) is 0 Å². The quantitative estimate of drug-likeness (QED) is 0.590.